The third-order valence-electron chi connectivity index (χ3n) is 4.27. The molecule has 0 unspecified atom stereocenters. The second-order valence-electron chi connectivity index (χ2n) is 6.85. The monoisotopic (exact) mass is 423 g/mol. The van der Waals surface area contributed by atoms with Gasteiger partial charge in [-0.1, -0.05) is 60.1 Å². The van der Waals surface area contributed by atoms with Gasteiger partial charge >= 0.3 is 0 Å². The molecule has 136 valence electrons. The molecule has 2 N–H and O–H groups in total. The Hall–Kier alpha value is -2.71. The van der Waals surface area contributed by atoms with E-state index in [4.69, 9.17) is 5.73 Å². The molecular formula is C22H19BrFN3. The van der Waals surface area contributed by atoms with Crippen LogP contribution in [0.3, 0.4) is 0 Å². The molecule has 0 saturated carbocycles. The summed E-state index contributed by atoms with van der Waals surface area (Å²) in [4.78, 5) is 4.36. The topological polar surface area (TPSA) is 62.7 Å². The molecule has 0 aliphatic heterocycles. The van der Waals surface area contributed by atoms with Crippen molar-refractivity contribution in [3.63, 3.8) is 0 Å². The molecule has 3 nitrogen and oxygen atoms in total. The van der Waals surface area contributed by atoms with E-state index in [1.807, 2.05) is 18.2 Å². The van der Waals surface area contributed by atoms with Crippen molar-refractivity contribution < 1.29 is 4.39 Å². The summed E-state index contributed by atoms with van der Waals surface area (Å²) in [5, 5.41) is 9.49. The van der Waals surface area contributed by atoms with Gasteiger partial charge in [0.1, 0.15) is 23.3 Å². The lowest BCUT2D eigenvalue weighted by Gasteiger charge is -2.12. The minimum absolute atomic E-state index is 0.0959. The fourth-order valence-electron chi connectivity index (χ4n) is 3.03. The van der Waals surface area contributed by atoms with Crippen LogP contribution in [0, 0.1) is 23.1 Å². The van der Waals surface area contributed by atoms with Crippen LogP contribution in [0.25, 0.3) is 22.4 Å². The molecule has 1 heterocycles. The van der Waals surface area contributed by atoms with Gasteiger partial charge in [-0.2, -0.15) is 5.26 Å². The van der Waals surface area contributed by atoms with Crippen LogP contribution in [-0.4, -0.2) is 4.98 Å². The average molecular weight is 424 g/mol. The molecular weight excluding hydrogens is 405 g/mol. The molecule has 2 aromatic carbocycles. The first kappa shape index (κ1) is 19.1. The Morgan fingerprint density at radius 3 is 2.41 bits per heavy atom. The van der Waals surface area contributed by atoms with E-state index in [2.05, 4.69) is 46.9 Å². The van der Waals surface area contributed by atoms with Crippen LogP contribution in [0.5, 0.6) is 0 Å². The summed E-state index contributed by atoms with van der Waals surface area (Å²) < 4.78 is 15.1. The molecule has 0 fully saturated rings. The van der Waals surface area contributed by atoms with E-state index in [0.29, 0.717) is 27.2 Å². The Morgan fingerprint density at radius 2 is 1.81 bits per heavy atom. The number of nitrogen functional groups attached to an aromatic ring is 1. The molecule has 0 saturated heterocycles. The van der Waals surface area contributed by atoms with Crippen molar-refractivity contribution in [1.29, 1.82) is 5.26 Å². The van der Waals surface area contributed by atoms with Crippen molar-refractivity contribution in [2.45, 2.75) is 20.3 Å². The number of hydrogen-bond acceptors (Lipinski definition) is 3. The van der Waals surface area contributed by atoms with Gasteiger partial charge in [-0.15, -0.1) is 0 Å². The number of benzene rings is 2. The fourth-order valence-corrected chi connectivity index (χ4v) is 3.37. The lowest BCUT2D eigenvalue weighted by molar-refractivity contribution is 0.630. The number of aromatic nitrogens is 1. The van der Waals surface area contributed by atoms with Gasteiger partial charge in [0.2, 0.25) is 0 Å². The van der Waals surface area contributed by atoms with E-state index < -0.39 is 5.82 Å². The van der Waals surface area contributed by atoms with Crippen LogP contribution in [0.15, 0.2) is 53.0 Å². The number of halogens is 2. The van der Waals surface area contributed by atoms with Gasteiger partial charge in [0.15, 0.2) is 0 Å². The van der Waals surface area contributed by atoms with Crippen LogP contribution in [0.2, 0.25) is 0 Å². The number of nitrogens with zero attached hydrogens (tertiary/aromatic N) is 2. The highest BCUT2D eigenvalue weighted by Gasteiger charge is 2.16. The van der Waals surface area contributed by atoms with Crippen molar-refractivity contribution in [2.75, 3.05) is 5.73 Å². The molecule has 1 aromatic heterocycles. The zero-order valence-electron chi connectivity index (χ0n) is 15.1. The highest BCUT2D eigenvalue weighted by atomic mass is 79.9. The maximum absolute atomic E-state index is 14.5. The lowest BCUT2D eigenvalue weighted by Crippen LogP contribution is -2.01. The number of nitrogens with two attached hydrogens (primary N) is 1. The minimum Gasteiger partial charge on any atom is -0.383 e. The van der Waals surface area contributed by atoms with Crippen LogP contribution in [0.4, 0.5) is 10.2 Å². The normalized spacial score (nSPS) is 10.8. The Labute approximate surface area is 166 Å². The summed E-state index contributed by atoms with van der Waals surface area (Å²) in [5.41, 5.74) is 9.69. The molecule has 0 spiro atoms. The molecule has 0 atom stereocenters. The van der Waals surface area contributed by atoms with Gasteiger partial charge in [-0.25, -0.2) is 9.37 Å². The van der Waals surface area contributed by atoms with Crippen LogP contribution < -0.4 is 5.73 Å². The average Bonchev–Trinajstić information content (AvgIpc) is 2.61. The van der Waals surface area contributed by atoms with Gasteiger partial charge in [0, 0.05) is 21.2 Å². The third-order valence-corrected chi connectivity index (χ3v) is 4.77. The largest absolute Gasteiger partial charge is 0.383 e. The number of hydrogen-bond donors (Lipinski definition) is 1. The van der Waals surface area contributed by atoms with Crippen LogP contribution >= 0.6 is 15.9 Å². The number of pyridine rings is 1. The van der Waals surface area contributed by atoms with Gasteiger partial charge in [-0.05, 0) is 36.1 Å². The standard InChI is InChI=1S/C22H19BrFN3/c1-13(2)9-14-3-5-15(6-4-14)21-11-18(19(12-25)22(26)27-21)17-8-7-16(23)10-20(17)24/h3-8,10-11,13H,9H2,1-2H3,(H2,26,27). The Bertz CT molecular complexity index is 1020. The van der Waals surface area contributed by atoms with Crippen molar-refractivity contribution in [2.24, 2.45) is 5.92 Å². The number of nitriles is 1. The summed E-state index contributed by atoms with van der Waals surface area (Å²) in [6.07, 6.45) is 0.999. The van der Waals surface area contributed by atoms with Crippen molar-refractivity contribution in [1.82, 2.24) is 4.98 Å². The third kappa shape index (κ3) is 4.17. The Kier molecular flexibility index (Phi) is 5.57. The Balaban J connectivity index is 2.11. The Morgan fingerprint density at radius 1 is 1.11 bits per heavy atom. The van der Waals surface area contributed by atoms with E-state index in [-0.39, 0.29) is 11.4 Å². The molecule has 0 aliphatic rings. The number of anilines is 1. The highest BCUT2D eigenvalue weighted by molar-refractivity contribution is 9.10. The smallest absolute Gasteiger partial charge is 0.142 e. The van der Waals surface area contributed by atoms with E-state index >= 15 is 0 Å². The zero-order valence-corrected chi connectivity index (χ0v) is 16.7. The molecule has 5 heteroatoms. The van der Waals surface area contributed by atoms with Gasteiger partial charge in [0.25, 0.3) is 0 Å². The predicted octanol–water partition coefficient (Wildman–Crippen LogP) is 5.97. The first-order valence-electron chi connectivity index (χ1n) is 8.64. The minimum atomic E-state index is -0.426. The van der Waals surface area contributed by atoms with E-state index in [0.717, 1.165) is 12.0 Å². The molecule has 3 rings (SSSR count). The number of rotatable bonds is 4. The SMILES string of the molecule is CC(C)Cc1ccc(-c2cc(-c3ccc(Br)cc3F)c(C#N)c(N)n2)cc1. The van der Waals surface area contributed by atoms with E-state index in [1.54, 1.807) is 18.2 Å². The molecule has 0 radical (unpaired) electrons. The summed E-state index contributed by atoms with van der Waals surface area (Å²) >= 11 is 3.25. The summed E-state index contributed by atoms with van der Waals surface area (Å²) in [5.74, 6) is 0.245. The second-order valence-corrected chi connectivity index (χ2v) is 7.76. The van der Waals surface area contributed by atoms with Crippen LogP contribution in [0.1, 0.15) is 25.0 Å². The molecule has 0 bridgehead atoms. The zero-order chi connectivity index (χ0) is 19.6. The fraction of sp³-hybridized carbons (Fsp3) is 0.182. The van der Waals surface area contributed by atoms with Gasteiger partial charge in [0.05, 0.1) is 5.69 Å². The second kappa shape index (κ2) is 7.89. The van der Waals surface area contributed by atoms with Crippen molar-refractivity contribution >= 4 is 21.7 Å². The first-order valence-corrected chi connectivity index (χ1v) is 9.43. The molecule has 0 aliphatic carbocycles. The molecule has 3 aromatic rings. The predicted molar refractivity (Wildman–Crippen MR) is 110 cm³/mol. The van der Waals surface area contributed by atoms with Gasteiger partial charge in [-0.3, -0.25) is 0 Å². The van der Waals surface area contributed by atoms with E-state index in [1.165, 1.54) is 11.6 Å². The molecule has 27 heavy (non-hydrogen) atoms. The van der Waals surface area contributed by atoms with Crippen LogP contribution in [-0.2, 0) is 6.42 Å². The summed E-state index contributed by atoms with van der Waals surface area (Å²) in [7, 11) is 0. The summed E-state index contributed by atoms with van der Waals surface area (Å²) in [6, 6.07) is 16.6. The lowest BCUT2D eigenvalue weighted by atomic mass is 9.97. The maximum atomic E-state index is 14.5. The first-order chi connectivity index (χ1) is 12.9. The quantitative estimate of drug-likeness (QED) is 0.561. The van der Waals surface area contributed by atoms with Crippen molar-refractivity contribution in [3.05, 3.63) is 69.9 Å². The summed E-state index contributed by atoms with van der Waals surface area (Å²) in [6.45, 7) is 4.35. The van der Waals surface area contributed by atoms with Crippen molar-refractivity contribution in [3.8, 4) is 28.5 Å². The highest BCUT2D eigenvalue weighted by Crippen LogP contribution is 2.33. The molecule has 0 amide bonds. The maximum Gasteiger partial charge on any atom is 0.142 e. The van der Waals surface area contributed by atoms with E-state index in [9.17, 15) is 9.65 Å². The van der Waals surface area contributed by atoms with Gasteiger partial charge < -0.3 is 5.73 Å².